The third kappa shape index (κ3) is 5.58. The predicted molar refractivity (Wildman–Crippen MR) is 110 cm³/mol. The van der Waals surface area contributed by atoms with E-state index in [1.807, 2.05) is 12.1 Å². The third-order valence-electron chi connectivity index (χ3n) is 5.11. The highest BCUT2D eigenvalue weighted by Crippen LogP contribution is 2.23. The van der Waals surface area contributed by atoms with Crippen LogP contribution in [0.25, 0.3) is 11.4 Å². The summed E-state index contributed by atoms with van der Waals surface area (Å²) in [6.45, 7) is 4.25. The van der Waals surface area contributed by atoms with Gasteiger partial charge in [0.25, 0.3) is 0 Å². The molecule has 0 saturated heterocycles. The fourth-order valence-corrected chi connectivity index (χ4v) is 3.96. The number of rotatable bonds is 6. The average molecular weight is 402 g/mol. The first-order chi connectivity index (χ1) is 13.5. The molecular formula is C20H27N5O2S. The van der Waals surface area contributed by atoms with Crippen molar-refractivity contribution < 1.29 is 9.59 Å². The van der Waals surface area contributed by atoms with Gasteiger partial charge in [0.1, 0.15) is 0 Å². The number of hydrogen-bond acceptors (Lipinski definition) is 5. The van der Waals surface area contributed by atoms with E-state index in [1.54, 1.807) is 0 Å². The number of thioether (sulfide) groups is 1. The van der Waals surface area contributed by atoms with Gasteiger partial charge in [-0.1, -0.05) is 62.7 Å². The van der Waals surface area contributed by atoms with Crippen molar-refractivity contribution in [2.75, 3.05) is 5.75 Å². The average Bonchev–Trinajstić information content (AvgIpc) is 3.17. The lowest BCUT2D eigenvalue weighted by molar-refractivity contribution is -0.117. The van der Waals surface area contributed by atoms with Gasteiger partial charge in [-0.2, -0.15) is 0 Å². The summed E-state index contributed by atoms with van der Waals surface area (Å²) in [5, 5.41) is 12.8. The fourth-order valence-electron chi connectivity index (χ4n) is 3.37. The summed E-state index contributed by atoms with van der Waals surface area (Å²) in [7, 11) is 0. The first-order valence-electron chi connectivity index (χ1n) is 9.80. The molecule has 1 aromatic carbocycles. The highest BCUT2D eigenvalue weighted by atomic mass is 32.2. The zero-order valence-corrected chi connectivity index (χ0v) is 17.1. The minimum atomic E-state index is -0.420. The molecule has 1 saturated carbocycles. The summed E-state index contributed by atoms with van der Waals surface area (Å²) in [6.07, 6.45) is 5.39. The zero-order valence-electron chi connectivity index (χ0n) is 16.3. The maximum Gasteiger partial charge on any atom is 0.321 e. The first-order valence-corrected chi connectivity index (χ1v) is 10.8. The number of nitrogens with one attached hydrogen (secondary N) is 3. The summed E-state index contributed by atoms with van der Waals surface area (Å²) in [5.41, 5.74) is 2.21. The number of nitrogens with zero attached hydrogens (tertiary/aromatic N) is 2. The van der Waals surface area contributed by atoms with Gasteiger partial charge >= 0.3 is 6.03 Å². The molecule has 0 bridgehead atoms. The first kappa shape index (κ1) is 20.4. The number of aromatic nitrogens is 3. The van der Waals surface area contributed by atoms with Gasteiger partial charge in [0.15, 0.2) is 5.82 Å². The van der Waals surface area contributed by atoms with Gasteiger partial charge in [-0.15, -0.1) is 5.10 Å². The zero-order chi connectivity index (χ0) is 19.9. The van der Waals surface area contributed by atoms with E-state index in [0.717, 1.165) is 31.2 Å². The molecule has 1 aliphatic rings. The number of H-pyrrole nitrogens is 1. The Kier molecular flexibility index (Phi) is 7.08. The van der Waals surface area contributed by atoms with Gasteiger partial charge in [0, 0.05) is 11.6 Å². The number of hydrogen-bond donors (Lipinski definition) is 3. The SMILES string of the molecule is CCc1ccc(-c2nc(SCC(=O)NC(=O)N[C@H]3CCCC[C@@H]3C)n[nH]2)cc1. The van der Waals surface area contributed by atoms with E-state index in [2.05, 4.69) is 51.8 Å². The fraction of sp³-hybridized carbons (Fsp3) is 0.500. The van der Waals surface area contributed by atoms with E-state index in [4.69, 9.17) is 0 Å². The Balaban J connectivity index is 1.45. The molecule has 28 heavy (non-hydrogen) atoms. The second-order valence-corrected chi connectivity index (χ2v) is 8.14. The highest BCUT2D eigenvalue weighted by Gasteiger charge is 2.23. The largest absolute Gasteiger partial charge is 0.335 e. The Bertz CT molecular complexity index is 805. The number of benzene rings is 1. The van der Waals surface area contributed by atoms with Crippen LogP contribution in [0.2, 0.25) is 0 Å². The molecule has 3 N–H and O–H groups in total. The van der Waals surface area contributed by atoms with E-state index >= 15 is 0 Å². The van der Waals surface area contributed by atoms with E-state index in [-0.39, 0.29) is 17.7 Å². The van der Waals surface area contributed by atoms with Gasteiger partial charge in [0.2, 0.25) is 11.1 Å². The van der Waals surface area contributed by atoms with Crippen LogP contribution in [0.3, 0.4) is 0 Å². The number of aromatic amines is 1. The summed E-state index contributed by atoms with van der Waals surface area (Å²) in [5.74, 6) is 0.834. The molecule has 2 atom stereocenters. The molecule has 7 nitrogen and oxygen atoms in total. The molecule has 3 rings (SSSR count). The number of carbonyl (C=O) groups excluding carboxylic acids is 2. The van der Waals surface area contributed by atoms with Crippen molar-refractivity contribution in [1.29, 1.82) is 0 Å². The van der Waals surface area contributed by atoms with Crippen LogP contribution in [0, 0.1) is 5.92 Å². The summed E-state index contributed by atoms with van der Waals surface area (Å²) in [6, 6.07) is 7.84. The van der Waals surface area contributed by atoms with Gasteiger partial charge < -0.3 is 5.32 Å². The number of urea groups is 1. The lowest BCUT2D eigenvalue weighted by atomic mass is 9.86. The summed E-state index contributed by atoms with van der Waals surface area (Å²) in [4.78, 5) is 28.5. The molecule has 1 fully saturated rings. The van der Waals surface area contributed by atoms with Crippen LogP contribution in [0.15, 0.2) is 29.4 Å². The molecule has 1 aliphatic carbocycles. The van der Waals surface area contributed by atoms with Crippen LogP contribution < -0.4 is 10.6 Å². The smallest absolute Gasteiger partial charge is 0.321 e. The van der Waals surface area contributed by atoms with Crippen molar-refractivity contribution in [3.8, 4) is 11.4 Å². The Morgan fingerprint density at radius 2 is 1.96 bits per heavy atom. The molecule has 1 heterocycles. The summed E-state index contributed by atoms with van der Waals surface area (Å²) >= 11 is 1.19. The van der Waals surface area contributed by atoms with Crippen molar-refractivity contribution in [3.05, 3.63) is 29.8 Å². The molecule has 0 radical (unpaired) electrons. The molecule has 1 aromatic heterocycles. The molecular weight excluding hydrogens is 374 g/mol. The molecule has 150 valence electrons. The van der Waals surface area contributed by atoms with E-state index in [1.165, 1.54) is 23.7 Å². The van der Waals surface area contributed by atoms with E-state index < -0.39 is 6.03 Å². The van der Waals surface area contributed by atoms with Crippen LogP contribution in [0.1, 0.15) is 45.1 Å². The Hall–Kier alpha value is -2.35. The second-order valence-electron chi connectivity index (χ2n) is 7.20. The minimum absolute atomic E-state index is 0.0830. The van der Waals surface area contributed by atoms with Crippen LogP contribution >= 0.6 is 11.8 Å². The normalized spacial score (nSPS) is 19.2. The standard InChI is InChI=1S/C20H27N5O2S/c1-3-14-8-10-15(11-9-14)18-23-20(25-24-18)28-12-17(26)22-19(27)21-16-7-5-4-6-13(16)2/h8-11,13,16H,3-7,12H2,1-2H3,(H,23,24,25)(H2,21,22,26,27)/t13-,16-/m0/s1. The lowest BCUT2D eigenvalue weighted by Gasteiger charge is -2.29. The maximum absolute atomic E-state index is 12.0. The number of imide groups is 1. The lowest BCUT2D eigenvalue weighted by Crippen LogP contribution is -2.48. The molecule has 0 aliphatic heterocycles. The topological polar surface area (TPSA) is 99.8 Å². The third-order valence-corrected chi connectivity index (χ3v) is 5.96. The van der Waals surface area contributed by atoms with Crippen LogP contribution in [0.4, 0.5) is 4.79 Å². The highest BCUT2D eigenvalue weighted by molar-refractivity contribution is 7.99. The Morgan fingerprint density at radius 3 is 2.68 bits per heavy atom. The van der Waals surface area contributed by atoms with Crippen LogP contribution in [-0.2, 0) is 11.2 Å². The Labute approximate surface area is 169 Å². The molecule has 3 amide bonds. The van der Waals surface area contributed by atoms with Crippen LogP contribution in [0.5, 0.6) is 0 Å². The van der Waals surface area contributed by atoms with Crippen molar-refractivity contribution in [2.24, 2.45) is 5.92 Å². The predicted octanol–water partition coefficient (Wildman–Crippen LogP) is 3.53. The summed E-state index contributed by atoms with van der Waals surface area (Å²) < 4.78 is 0. The van der Waals surface area contributed by atoms with E-state index in [0.29, 0.717) is 16.9 Å². The van der Waals surface area contributed by atoms with Gasteiger partial charge in [-0.3, -0.25) is 15.2 Å². The Morgan fingerprint density at radius 1 is 1.21 bits per heavy atom. The monoisotopic (exact) mass is 401 g/mol. The van der Waals surface area contributed by atoms with Crippen LogP contribution in [-0.4, -0.2) is 38.9 Å². The van der Waals surface area contributed by atoms with Crippen molar-refractivity contribution >= 4 is 23.7 Å². The van der Waals surface area contributed by atoms with Crippen molar-refractivity contribution in [3.63, 3.8) is 0 Å². The molecule has 0 spiro atoms. The number of amides is 3. The number of aryl methyl sites for hydroxylation is 1. The molecule has 0 unspecified atom stereocenters. The van der Waals surface area contributed by atoms with Gasteiger partial charge in [-0.05, 0) is 30.7 Å². The van der Waals surface area contributed by atoms with Gasteiger partial charge in [0.05, 0.1) is 5.75 Å². The van der Waals surface area contributed by atoms with E-state index in [9.17, 15) is 9.59 Å². The number of carbonyl (C=O) groups is 2. The molecule has 8 heteroatoms. The second kappa shape index (κ2) is 9.73. The molecule has 2 aromatic rings. The maximum atomic E-state index is 12.0. The van der Waals surface area contributed by atoms with Crippen molar-refractivity contribution in [2.45, 2.75) is 57.1 Å². The quantitative estimate of drug-likeness (QED) is 0.643. The van der Waals surface area contributed by atoms with Crippen molar-refractivity contribution in [1.82, 2.24) is 25.8 Å². The minimum Gasteiger partial charge on any atom is -0.335 e. The van der Waals surface area contributed by atoms with Gasteiger partial charge in [-0.25, -0.2) is 9.78 Å².